The number of benzene rings is 2. The van der Waals surface area contributed by atoms with E-state index in [4.69, 9.17) is 4.74 Å². The quantitative estimate of drug-likeness (QED) is 0.102. The lowest BCUT2D eigenvalue weighted by Gasteiger charge is -2.15. The molecule has 7 heteroatoms. The summed E-state index contributed by atoms with van der Waals surface area (Å²) in [4.78, 5) is 12.1. The van der Waals surface area contributed by atoms with Gasteiger partial charge in [0.05, 0.1) is 5.69 Å². The number of hydrogen-bond donors (Lipinski definition) is 4. The van der Waals surface area contributed by atoms with Crippen LogP contribution in [0.25, 0.3) is 0 Å². The second-order valence-corrected chi connectivity index (χ2v) is 10.9. The third-order valence-electron chi connectivity index (χ3n) is 6.29. The van der Waals surface area contributed by atoms with Crippen LogP contribution in [0, 0.1) is 0 Å². The number of carbonyl (C=O) groups is 1. The molecular formula is C30H47N3O3S. The van der Waals surface area contributed by atoms with Gasteiger partial charge in [-0.05, 0) is 73.5 Å². The summed E-state index contributed by atoms with van der Waals surface area (Å²) in [7, 11) is 0. The van der Waals surface area contributed by atoms with Crippen molar-refractivity contribution in [2.24, 2.45) is 0 Å². The summed E-state index contributed by atoms with van der Waals surface area (Å²) >= 11 is 2.05. The highest BCUT2D eigenvalue weighted by Gasteiger charge is 2.07. The molecule has 1 atom stereocenters. The number of aromatic hydroxyl groups is 1. The van der Waals surface area contributed by atoms with Crippen LogP contribution in [0.1, 0.15) is 90.9 Å². The van der Waals surface area contributed by atoms with Crippen LogP contribution in [0.15, 0.2) is 48.5 Å². The summed E-state index contributed by atoms with van der Waals surface area (Å²) in [6.45, 7) is 5.22. The number of ether oxygens (including phenoxy) is 1. The Kier molecular flexibility index (Phi) is 16.2. The standard InChI is InChI=1S/C30H47N3O3S/c1-3-5-6-7-8-9-10-11-12-14-29(4-2)37-24-13-23-31-30(35)33-32-25-15-19-27(20-16-25)36-28-21-17-26(34)18-22-28/h15-22,29,32,34H,3-14,23-24H2,1-2H3,(H2,31,33,35). The lowest BCUT2D eigenvalue weighted by atomic mass is 10.1. The monoisotopic (exact) mass is 529 g/mol. The second kappa shape index (κ2) is 19.6. The Balaban J connectivity index is 1.48. The van der Waals surface area contributed by atoms with Gasteiger partial charge in [0.2, 0.25) is 0 Å². The fourth-order valence-electron chi connectivity index (χ4n) is 4.04. The van der Waals surface area contributed by atoms with Crippen LogP contribution in [0.3, 0.4) is 0 Å². The summed E-state index contributed by atoms with van der Waals surface area (Å²) in [5.41, 5.74) is 6.33. The van der Waals surface area contributed by atoms with Gasteiger partial charge in [0.15, 0.2) is 0 Å². The van der Waals surface area contributed by atoms with Gasteiger partial charge in [0, 0.05) is 11.8 Å². The average Bonchev–Trinajstić information content (AvgIpc) is 2.91. The molecule has 0 saturated carbocycles. The summed E-state index contributed by atoms with van der Waals surface area (Å²) in [6, 6.07) is 13.6. The summed E-state index contributed by atoms with van der Waals surface area (Å²) < 4.78 is 5.73. The van der Waals surface area contributed by atoms with E-state index >= 15 is 0 Å². The molecule has 0 aliphatic carbocycles. The van der Waals surface area contributed by atoms with Gasteiger partial charge in [0.1, 0.15) is 17.2 Å². The number of nitrogens with one attached hydrogen (secondary N) is 3. The third-order valence-corrected chi connectivity index (χ3v) is 7.86. The zero-order valence-corrected chi connectivity index (χ0v) is 23.6. The maximum Gasteiger partial charge on any atom is 0.333 e. The largest absolute Gasteiger partial charge is 0.508 e. The molecule has 0 aliphatic rings. The van der Waals surface area contributed by atoms with Gasteiger partial charge in [-0.2, -0.15) is 11.8 Å². The predicted octanol–water partition coefficient (Wildman–Crippen LogP) is 8.63. The van der Waals surface area contributed by atoms with Crippen molar-refractivity contribution in [2.75, 3.05) is 17.7 Å². The van der Waals surface area contributed by atoms with Gasteiger partial charge in [-0.3, -0.25) is 10.9 Å². The van der Waals surface area contributed by atoms with E-state index in [2.05, 4.69) is 41.8 Å². The smallest absolute Gasteiger partial charge is 0.333 e. The van der Waals surface area contributed by atoms with Gasteiger partial charge in [-0.1, -0.05) is 71.6 Å². The molecule has 2 aromatic rings. The summed E-state index contributed by atoms with van der Waals surface area (Å²) in [5, 5.41) is 13.0. The minimum Gasteiger partial charge on any atom is -0.508 e. The van der Waals surface area contributed by atoms with Crippen molar-refractivity contribution in [2.45, 2.75) is 96.1 Å². The average molecular weight is 530 g/mol. The lowest BCUT2D eigenvalue weighted by Crippen LogP contribution is -2.39. The lowest BCUT2D eigenvalue weighted by molar-refractivity contribution is 0.243. The molecule has 0 bridgehead atoms. The number of urea groups is 1. The molecule has 4 N–H and O–H groups in total. The SMILES string of the molecule is CCCCCCCCCCCC(CC)SCCCNC(=O)NNc1ccc(Oc2ccc(O)cc2)cc1. The highest BCUT2D eigenvalue weighted by molar-refractivity contribution is 7.99. The number of phenolic OH excluding ortho intramolecular Hbond substituents is 1. The number of unbranched alkanes of at least 4 members (excludes halogenated alkanes) is 8. The topological polar surface area (TPSA) is 82.6 Å². The van der Waals surface area contributed by atoms with E-state index in [0.717, 1.165) is 23.1 Å². The van der Waals surface area contributed by atoms with Crippen LogP contribution in [0.5, 0.6) is 17.2 Å². The Morgan fingerprint density at radius 2 is 1.43 bits per heavy atom. The molecule has 0 spiro atoms. The van der Waals surface area contributed by atoms with E-state index in [9.17, 15) is 9.90 Å². The number of anilines is 1. The van der Waals surface area contributed by atoms with Gasteiger partial charge < -0.3 is 15.2 Å². The number of hydrogen-bond acceptors (Lipinski definition) is 5. The van der Waals surface area contributed by atoms with Crippen LogP contribution in [-0.2, 0) is 0 Å². The minimum atomic E-state index is -0.240. The molecule has 1 unspecified atom stereocenters. The van der Waals surface area contributed by atoms with E-state index in [1.54, 1.807) is 24.3 Å². The first-order valence-electron chi connectivity index (χ1n) is 14.1. The Morgan fingerprint density at radius 3 is 2.05 bits per heavy atom. The Hall–Kier alpha value is -2.54. The second-order valence-electron chi connectivity index (χ2n) is 9.50. The first-order valence-corrected chi connectivity index (χ1v) is 15.1. The third kappa shape index (κ3) is 14.7. The Morgan fingerprint density at radius 1 is 0.838 bits per heavy atom. The Labute approximate surface area is 228 Å². The number of amides is 2. The van der Waals surface area contributed by atoms with Crippen LogP contribution in [-0.4, -0.2) is 28.7 Å². The van der Waals surface area contributed by atoms with Crippen molar-refractivity contribution < 1.29 is 14.6 Å². The molecule has 2 aromatic carbocycles. The van der Waals surface area contributed by atoms with Gasteiger partial charge in [0.25, 0.3) is 0 Å². The first kappa shape index (κ1) is 30.7. The number of phenols is 1. The number of thioether (sulfide) groups is 1. The van der Waals surface area contributed by atoms with E-state index < -0.39 is 0 Å². The van der Waals surface area contributed by atoms with E-state index in [1.807, 2.05) is 24.3 Å². The van der Waals surface area contributed by atoms with Crippen LogP contribution < -0.4 is 20.9 Å². The van der Waals surface area contributed by atoms with Gasteiger partial charge in [-0.15, -0.1) is 0 Å². The van der Waals surface area contributed by atoms with Crippen molar-refractivity contribution in [3.05, 3.63) is 48.5 Å². The summed E-state index contributed by atoms with van der Waals surface area (Å²) in [6.07, 6.45) is 15.9. The fraction of sp³-hybridized carbons (Fsp3) is 0.567. The number of carbonyl (C=O) groups excluding carboxylic acids is 1. The zero-order chi connectivity index (χ0) is 26.6. The number of rotatable bonds is 20. The highest BCUT2D eigenvalue weighted by atomic mass is 32.2. The van der Waals surface area contributed by atoms with Gasteiger partial charge >= 0.3 is 6.03 Å². The molecule has 0 aliphatic heterocycles. The van der Waals surface area contributed by atoms with Crippen molar-refractivity contribution in [3.8, 4) is 17.2 Å². The maximum absolute atomic E-state index is 12.1. The molecule has 37 heavy (non-hydrogen) atoms. The fourth-order valence-corrected chi connectivity index (χ4v) is 5.26. The predicted molar refractivity (Wildman–Crippen MR) is 158 cm³/mol. The molecule has 0 saturated heterocycles. The molecule has 6 nitrogen and oxygen atoms in total. The van der Waals surface area contributed by atoms with Crippen LogP contribution >= 0.6 is 11.8 Å². The van der Waals surface area contributed by atoms with E-state index in [1.165, 1.54) is 70.6 Å². The van der Waals surface area contributed by atoms with Crippen LogP contribution in [0.4, 0.5) is 10.5 Å². The molecule has 2 rings (SSSR count). The molecular weight excluding hydrogens is 482 g/mol. The normalized spacial score (nSPS) is 11.6. The molecule has 0 radical (unpaired) electrons. The Bertz CT molecular complexity index is 846. The van der Waals surface area contributed by atoms with E-state index in [-0.39, 0.29) is 11.8 Å². The molecule has 2 amide bonds. The minimum absolute atomic E-state index is 0.199. The molecule has 206 valence electrons. The first-order chi connectivity index (χ1) is 18.1. The van der Waals surface area contributed by atoms with Crippen molar-refractivity contribution in [1.29, 1.82) is 0 Å². The van der Waals surface area contributed by atoms with Crippen molar-refractivity contribution in [3.63, 3.8) is 0 Å². The molecule has 0 heterocycles. The van der Waals surface area contributed by atoms with Crippen LogP contribution in [0.2, 0.25) is 0 Å². The van der Waals surface area contributed by atoms with Crippen molar-refractivity contribution >= 4 is 23.5 Å². The maximum atomic E-state index is 12.1. The van der Waals surface area contributed by atoms with Crippen molar-refractivity contribution in [1.82, 2.24) is 10.7 Å². The molecule has 0 fully saturated rings. The van der Waals surface area contributed by atoms with E-state index in [0.29, 0.717) is 18.0 Å². The zero-order valence-electron chi connectivity index (χ0n) is 22.8. The highest BCUT2D eigenvalue weighted by Crippen LogP contribution is 2.25. The molecule has 0 aromatic heterocycles. The summed E-state index contributed by atoms with van der Waals surface area (Å²) in [5.74, 6) is 2.58. The van der Waals surface area contributed by atoms with Gasteiger partial charge in [-0.25, -0.2) is 4.79 Å². The number of hydrazine groups is 1.